The highest BCUT2D eigenvalue weighted by Crippen LogP contribution is 2.35. The minimum Gasteiger partial charge on any atom is -0.393 e. The van der Waals surface area contributed by atoms with E-state index < -0.39 is 0 Å². The van der Waals surface area contributed by atoms with Gasteiger partial charge in [0.2, 0.25) is 0 Å². The highest BCUT2D eigenvalue weighted by atomic mass is 16.3. The predicted octanol–water partition coefficient (Wildman–Crippen LogP) is 2.49. The molecule has 5 atom stereocenters. The van der Waals surface area contributed by atoms with Crippen molar-refractivity contribution in [2.24, 2.45) is 17.3 Å². The SMILES string of the molecule is CC(O)C1CC(NCC(C)(C)C)CN(C2CCC2C)C1. The Morgan fingerprint density at radius 2 is 1.95 bits per heavy atom. The molecule has 3 nitrogen and oxygen atoms in total. The van der Waals surface area contributed by atoms with Crippen molar-refractivity contribution in [2.45, 2.75) is 72.1 Å². The van der Waals surface area contributed by atoms with Crippen molar-refractivity contribution in [1.82, 2.24) is 10.2 Å². The molecule has 2 rings (SSSR count). The lowest BCUT2D eigenvalue weighted by Crippen LogP contribution is -2.58. The topological polar surface area (TPSA) is 35.5 Å². The van der Waals surface area contributed by atoms with Crippen LogP contribution in [0.2, 0.25) is 0 Å². The third-order valence-corrected chi connectivity index (χ3v) is 5.16. The fourth-order valence-corrected chi connectivity index (χ4v) is 3.58. The molecule has 2 N–H and O–H groups in total. The normalized spacial score (nSPS) is 37.5. The number of hydrogen-bond donors (Lipinski definition) is 2. The fraction of sp³-hybridized carbons (Fsp3) is 1.00. The Kier molecular flexibility index (Phi) is 5.14. The van der Waals surface area contributed by atoms with E-state index in [4.69, 9.17) is 0 Å². The number of likely N-dealkylation sites (tertiary alicyclic amines) is 1. The van der Waals surface area contributed by atoms with E-state index in [-0.39, 0.29) is 6.10 Å². The van der Waals surface area contributed by atoms with Gasteiger partial charge in [-0.2, -0.15) is 0 Å². The Bertz CT molecular complexity index is 311. The number of aliphatic hydroxyl groups excluding tert-OH is 1. The van der Waals surface area contributed by atoms with E-state index in [0.29, 0.717) is 17.4 Å². The van der Waals surface area contributed by atoms with Crippen LogP contribution in [-0.4, -0.2) is 47.8 Å². The third-order valence-electron chi connectivity index (χ3n) is 5.16. The van der Waals surface area contributed by atoms with Crippen LogP contribution in [0, 0.1) is 17.3 Å². The van der Waals surface area contributed by atoms with E-state index in [1.54, 1.807) is 0 Å². The predicted molar refractivity (Wildman–Crippen MR) is 84.8 cm³/mol. The van der Waals surface area contributed by atoms with Gasteiger partial charge < -0.3 is 10.4 Å². The van der Waals surface area contributed by atoms with Crippen LogP contribution in [-0.2, 0) is 0 Å². The molecule has 1 heterocycles. The zero-order valence-electron chi connectivity index (χ0n) is 14.0. The van der Waals surface area contributed by atoms with Crippen LogP contribution < -0.4 is 5.32 Å². The summed E-state index contributed by atoms with van der Waals surface area (Å²) in [7, 11) is 0. The molecule has 0 spiro atoms. The van der Waals surface area contributed by atoms with Gasteiger partial charge in [-0.05, 0) is 43.4 Å². The van der Waals surface area contributed by atoms with Crippen molar-refractivity contribution >= 4 is 0 Å². The Balaban J connectivity index is 1.93. The maximum Gasteiger partial charge on any atom is 0.0553 e. The highest BCUT2D eigenvalue weighted by molar-refractivity contribution is 4.94. The Morgan fingerprint density at radius 1 is 1.25 bits per heavy atom. The Hall–Kier alpha value is -0.120. The number of nitrogens with one attached hydrogen (secondary N) is 1. The Labute approximate surface area is 125 Å². The van der Waals surface area contributed by atoms with Gasteiger partial charge in [0.05, 0.1) is 6.10 Å². The smallest absolute Gasteiger partial charge is 0.0553 e. The highest BCUT2D eigenvalue weighted by Gasteiger charge is 2.38. The third kappa shape index (κ3) is 4.19. The summed E-state index contributed by atoms with van der Waals surface area (Å²) in [6, 6.07) is 1.30. The van der Waals surface area contributed by atoms with Gasteiger partial charge in [0.15, 0.2) is 0 Å². The minimum atomic E-state index is -0.188. The first-order chi connectivity index (χ1) is 9.26. The van der Waals surface area contributed by atoms with E-state index >= 15 is 0 Å². The molecule has 1 saturated heterocycles. The van der Waals surface area contributed by atoms with E-state index in [1.165, 1.54) is 12.8 Å². The maximum atomic E-state index is 10.0. The molecule has 0 bridgehead atoms. The monoisotopic (exact) mass is 282 g/mol. The summed E-state index contributed by atoms with van der Waals surface area (Å²) in [6.07, 6.45) is 3.65. The van der Waals surface area contributed by atoms with Crippen molar-refractivity contribution in [2.75, 3.05) is 19.6 Å². The van der Waals surface area contributed by atoms with Gasteiger partial charge in [-0.3, -0.25) is 4.90 Å². The van der Waals surface area contributed by atoms with Crippen LogP contribution in [0.5, 0.6) is 0 Å². The average molecular weight is 282 g/mol. The molecule has 1 saturated carbocycles. The van der Waals surface area contributed by atoms with Gasteiger partial charge >= 0.3 is 0 Å². The number of aliphatic hydroxyl groups is 1. The average Bonchev–Trinajstić information content (AvgIpc) is 2.33. The zero-order valence-corrected chi connectivity index (χ0v) is 14.0. The zero-order chi connectivity index (χ0) is 14.9. The van der Waals surface area contributed by atoms with Crippen LogP contribution in [0.25, 0.3) is 0 Å². The summed E-state index contributed by atoms with van der Waals surface area (Å²) in [5.74, 6) is 1.26. The molecule has 0 aromatic rings. The van der Waals surface area contributed by atoms with Gasteiger partial charge in [-0.25, -0.2) is 0 Å². The van der Waals surface area contributed by atoms with Gasteiger partial charge in [0.1, 0.15) is 0 Å². The molecule has 0 aromatic carbocycles. The molecular weight excluding hydrogens is 248 g/mol. The molecule has 20 heavy (non-hydrogen) atoms. The van der Waals surface area contributed by atoms with Crippen LogP contribution >= 0.6 is 0 Å². The molecule has 1 aliphatic heterocycles. The van der Waals surface area contributed by atoms with Crippen molar-refractivity contribution in [3.63, 3.8) is 0 Å². The lowest BCUT2D eigenvalue weighted by molar-refractivity contribution is -0.0112. The minimum absolute atomic E-state index is 0.188. The standard InChI is InChI=1S/C17H34N2O/c1-12-6-7-16(12)19-9-14(13(2)20)8-15(10-19)18-11-17(3,4)5/h12-16,18,20H,6-11H2,1-5H3. The molecule has 0 radical (unpaired) electrons. The summed E-state index contributed by atoms with van der Waals surface area (Å²) >= 11 is 0. The van der Waals surface area contributed by atoms with Crippen molar-refractivity contribution in [1.29, 1.82) is 0 Å². The van der Waals surface area contributed by atoms with Gasteiger partial charge in [0.25, 0.3) is 0 Å². The van der Waals surface area contributed by atoms with Crippen molar-refractivity contribution < 1.29 is 5.11 Å². The molecule has 0 amide bonds. The number of rotatable bonds is 4. The van der Waals surface area contributed by atoms with Crippen LogP contribution in [0.1, 0.15) is 53.9 Å². The molecule has 0 aromatic heterocycles. The maximum absolute atomic E-state index is 10.0. The number of hydrogen-bond acceptors (Lipinski definition) is 3. The van der Waals surface area contributed by atoms with Gasteiger partial charge in [-0.15, -0.1) is 0 Å². The van der Waals surface area contributed by atoms with Gasteiger partial charge in [-0.1, -0.05) is 27.7 Å². The number of piperidine rings is 1. The van der Waals surface area contributed by atoms with E-state index in [1.807, 2.05) is 6.92 Å². The van der Waals surface area contributed by atoms with E-state index in [0.717, 1.165) is 38.0 Å². The van der Waals surface area contributed by atoms with Crippen LogP contribution in [0.15, 0.2) is 0 Å². The molecule has 118 valence electrons. The number of nitrogens with zero attached hydrogens (tertiary/aromatic N) is 1. The molecular formula is C17H34N2O. The first-order valence-electron chi connectivity index (χ1n) is 8.42. The lowest BCUT2D eigenvalue weighted by atomic mass is 9.77. The molecule has 3 heteroatoms. The fourth-order valence-electron chi connectivity index (χ4n) is 3.58. The lowest BCUT2D eigenvalue weighted by Gasteiger charge is -2.49. The largest absolute Gasteiger partial charge is 0.393 e. The first kappa shape index (κ1) is 16.3. The van der Waals surface area contributed by atoms with Crippen molar-refractivity contribution in [3.05, 3.63) is 0 Å². The molecule has 5 unspecified atom stereocenters. The summed E-state index contributed by atoms with van der Waals surface area (Å²) in [5, 5.41) is 13.8. The van der Waals surface area contributed by atoms with E-state index in [9.17, 15) is 5.11 Å². The van der Waals surface area contributed by atoms with E-state index in [2.05, 4.69) is 37.9 Å². The summed E-state index contributed by atoms with van der Waals surface area (Å²) in [4.78, 5) is 2.65. The molecule has 1 aliphatic carbocycles. The second-order valence-electron chi connectivity index (χ2n) is 8.45. The van der Waals surface area contributed by atoms with Crippen LogP contribution in [0.3, 0.4) is 0 Å². The first-order valence-corrected chi connectivity index (χ1v) is 8.42. The Morgan fingerprint density at radius 3 is 2.40 bits per heavy atom. The molecule has 2 aliphatic rings. The van der Waals surface area contributed by atoms with Crippen molar-refractivity contribution in [3.8, 4) is 0 Å². The molecule has 2 fully saturated rings. The second-order valence-corrected chi connectivity index (χ2v) is 8.45. The van der Waals surface area contributed by atoms with Crippen LogP contribution in [0.4, 0.5) is 0 Å². The summed E-state index contributed by atoms with van der Waals surface area (Å²) in [5.41, 5.74) is 0.326. The quantitative estimate of drug-likeness (QED) is 0.831. The summed E-state index contributed by atoms with van der Waals surface area (Å²) < 4.78 is 0. The summed E-state index contributed by atoms with van der Waals surface area (Å²) in [6.45, 7) is 14.5. The second kappa shape index (κ2) is 6.33. The van der Waals surface area contributed by atoms with Gasteiger partial charge in [0, 0.05) is 31.7 Å².